The maximum Gasteiger partial charge on any atom is 0.328 e. The lowest BCUT2D eigenvalue weighted by molar-refractivity contribution is -0.139. The van der Waals surface area contributed by atoms with Gasteiger partial charge < -0.3 is 31.7 Å². The summed E-state index contributed by atoms with van der Waals surface area (Å²) in [6.45, 7) is -0.808. The SMILES string of the molecule is O=C(CNC(=O)c1cccc(NC2=NCC(F)CN2)c1)NCC(NC(=O)c1c(Cl)cc(-c2ccc3cn[nH]c3c2)cc1Cl)C(=O)O. The minimum atomic E-state index is -1.53. The zero-order valence-corrected chi connectivity index (χ0v) is 25.4. The number of benzene rings is 3. The van der Waals surface area contributed by atoms with Crippen molar-refractivity contribution >= 4 is 69.4 Å². The summed E-state index contributed by atoms with van der Waals surface area (Å²) in [6.07, 6.45) is 0.613. The highest BCUT2D eigenvalue weighted by molar-refractivity contribution is 6.40. The van der Waals surface area contributed by atoms with Gasteiger partial charge in [-0.2, -0.15) is 5.10 Å². The lowest BCUT2D eigenvalue weighted by Gasteiger charge is -2.19. The minimum absolute atomic E-state index is 0.00347. The Balaban J connectivity index is 1.14. The Hall–Kier alpha value is -5.21. The van der Waals surface area contributed by atoms with Gasteiger partial charge in [0.25, 0.3) is 11.8 Å². The number of hydrogen-bond donors (Lipinski definition) is 7. The van der Waals surface area contributed by atoms with Gasteiger partial charge in [0.1, 0.15) is 12.2 Å². The average molecular weight is 670 g/mol. The number of alkyl halides is 1. The monoisotopic (exact) mass is 668 g/mol. The number of carboxylic acids is 1. The molecule has 1 aliphatic heterocycles. The standard InChI is InChI=1S/C30H27Cl2FN8O5/c31-21-7-18(15-4-5-17-10-38-41-23(17)9-15)8-22(32)26(21)28(44)40-24(29(45)46)13-34-25(42)14-35-27(43)16-2-1-3-20(6-16)39-30-36-11-19(33)12-37-30/h1-10,19,24H,11-14H2,(H,34,42)(H,35,43)(H,38,41)(H,40,44)(H,45,46)(H2,36,37,39). The molecule has 0 saturated carbocycles. The van der Waals surface area contributed by atoms with Crippen LogP contribution >= 0.6 is 23.2 Å². The molecule has 0 fully saturated rings. The predicted octanol–water partition coefficient (Wildman–Crippen LogP) is 2.98. The Morgan fingerprint density at radius 3 is 2.50 bits per heavy atom. The number of aliphatic imine (C=N–C) groups is 1. The molecule has 3 aromatic carbocycles. The molecule has 0 bridgehead atoms. The first kappa shape index (κ1) is 32.2. The molecule has 2 unspecified atom stereocenters. The first-order valence-electron chi connectivity index (χ1n) is 13.9. The molecule has 2 atom stereocenters. The second-order valence-electron chi connectivity index (χ2n) is 10.2. The van der Waals surface area contributed by atoms with Crippen molar-refractivity contribution in [2.24, 2.45) is 4.99 Å². The van der Waals surface area contributed by atoms with Crippen LogP contribution in [0.2, 0.25) is 10.0 Å². The Morgan fingerprint density at radius 2 is 1.78 bits per heavy atom. The molecule has 2 heterocycles. The smallest absolute Gasteiger partial charge is 0.328 e. The van der Waals surface area contributed by atoms with Crippen molar-refractivity contribution in [3.63, 3.8) is 0 Å². The van der Waals surface area contributed by atoms with Gasteiger partial charge in [0, 0.05) is 23.2 Å². The number of nitrogens with one attached hydrogen (secondary N) is 6. The summed E-state index contributed by atoms with van der Waals surface area (Å²) in [5, 5.41) is 30.3. The number of carbonyl (C=O) groups excluding carboxylic acids is 3. The topological polar surface area (TPSA) is 190 Å². The number of aromatic nitrogens is 2. The van der Waals surface area contributed by atoms with Gasteiger partial charge in [-0.05, 0) is 47.5 Å². The van der Waals surface area contributed by atoms with Crippen molar-refractivity contribution < 1.29 is 28.7 Å². The fourth-order valence-corrected chi connectivity index (χ4v) is 5.18. The Morgan fingerprint density at radius 1 is 1.00 bits per heavy atom. The fraction of sp³-hybridized carbons (Fsp3) is 0.200. The molecule has 46 heavy (non-hydrogen) atoms. The Bertz CT molecular complexity index is 1830. The first-order chi connectivity index (χ1) is 22.1. The van der Waals surface area contributed by atoms with Crippen molar-refractivity contribution in [3.8, 4) is 11.1 Å². The summed E-state index contributed by atoms with van der Waals surface area (Å²) < 4.78 is 13.3. The molecule has 0 radical (unpaired) electrons. The zero-order chi connectivity index (χ0) is 32.8. The van der Waals surface area contributed by atoms with Crippen LogP contribution in [0.1, 0.15) is 20.7 Å². The van der Waals surface area contributed by atoms with E-state index in [1.54, 1.807) is 18.3 Å². The predicted molar refractivity (Wildman–Crippen MR) is 171 cm³/mol. The number of amides is 3. The van der Waals surface area contributed by atoms with Crippen molar-refractivity contribution in [1.29, 1.82) is 0 Å². The van der Waals surface area contributed by atoms with Crippen LogP contribution in [0.4, 0.5) is 10.1 Å². The highest BCUT2D eigenvalue weighted by Crippen LogP contribution is 2.33. The minimum Gasteiger partial charge on any atom is -0.480 e. The largest absolute Gasteiger partial charge is 0.480 e. The van der Waals surface area contributed by atoms with Gasteiger partial charge in [-0.1, -0.05) is 41.4 Å². The molecule has 16 heteroatoms. The molecule has 0 saturated heterocycles. The maximum atomic E-state index is 13.3. The van der Waals surface area contributed by atoms with Crippen LogP contribution in [0.15, 0.2) is 65.8 Å². The quantitative estimate of drug-likeness (QED) is 0.134. The fourth-order valence-electron chi connectivity index (χ4n) is 4.52. The summed E-state index contributed by atoms with van der Waals surface area (Å²) in [5.74, 6) is -3.16. The highest BCUT2D eigenvalue weighted by atomic mass is 35.5. The van der Waals surface area contributed by atoms with Crippen LogP contribution in [0.25, 0.3) is 22.0 Å². The van der Waals surface area contributed by atoms with E-state index in [0.29, 0.717) is 17.2 Å². The Labute approximate surface area is 270 Å². The molecule has 238 valence electrons. The van der Waals surface area contributed by atoms with Crippen molar-refractivity contribution in [3.05, 3.63) is 82.0 Å². The van der Waals surface area contributed by atoms with Crippen LogP contribution in [-0.4, -0.2) is 83.3 Å². The zero-order valence-electron chi connectivity index (χ0n) is 23.9. The van der Waals surface area contributed by atoms with E-state index in [4.69, 9.17) is 23.2 Å². The maximum absolute atomic E-state index is 13.3. The van der Waals surface area contributed by atoms with E-state index in [1.165, 1.54) is 24.3 Å². The normalized spacial score (nSPS) is 14.8. The van der Waals surface area contributed by atoms with E-state index in [1.807, 2.05) is 18.2 Å². The lowest BCUT2D eigenvalue weighted by atomic mass is 10.0. The molecule has 13 nitrogen and oxygen atoms in total. The van der Waals surface area contributed by atoms with Gasteiger partial charge in [-0.25, -0.2) is 14.2 Å². The molecular formula is C30H27Cl2FN8O5. The van der Waals surface area contributed by atoms with Gasteiger partial charge in [0.2, 0.25) is 5.91 Å². The summed E-state index contributed by atoms with van der Waals surface area (Å²) in [5.41, 5.74) is 2.80. The number of aromatic amines is 1. The van der Waals surface area contributed by atoms with Crippen molar-refractivity contribution in [2.45, 2.75) is 12.2 Å². The third-order valence-corrected chi connectivity index (χ3v) is 7.48. The lowest BCUT2D eigenvalue weighted by Crippen LogP contribution is -2.50. The summed E-state index contributed by atoms with van der Waals surface area (Å²) >= 11 is 12.8. The van der Waals surface area contributed by atoms with Crippen LogP contribution in [0.5, 0.6) is 0 Å². The van der Waals surface area contributed by atoms with E-state index >= 15 is 0 Å². The third kappa shape index (κ3) is 7.89. The number of carboxylic acid groups (broad SMARTS) is 1. The van der Waals surface area contributed by atoms with E-state index in [-0.39, 0.29) is 34.3 Å². The van der Waals surface area contributed by atoms with E-state index < -0.39 is 49.0 Å². The highest BCUT2D eigenvalue weighted by Gasteiger charge is 2.25. The van der Waals surface area contributed by atoms with Crippen LogP contribution < -0.4 is 26.6 Å². The molecular weight excluding hydrogens is 642 g/mol. The molecule has 0 aliphatic carbocycles. The molecule has 4 aromatic rings. The number of carbonyl (C=O) groups is 4. The number of fused-ring (bicyclic) bond motifs is 1. The van der Waals surface area contributed by atoms with Gasteiger partial charge >= 0.3 is 5.97 Å². The van der Waals surface area contributed by atoms with Crippen LogP contribution in [-0.2, 0) is 9.59 Å². The second-order valence-corrected chi connectivity index (χ2v) is 11.0. The van der Waals surface area contributed by atoms with Gasteiger partial charge in [0.05, 0.1) is 47.0 Å². The molecule has 1 aromatic heterocycles. The van der Waals surface area contributed by atoms with E-state index in [0.717, 1.165) is 16.5 Å². The van der Waals surface area contributed by atoms with Crippen molar-refractivity contribution in [2.75, 3.05) is 31.5 Å². The molecule has 1 aliphatic rings. The number of H-pyrrole nitrogens is 1. The number of rotatable bonds is 10. The van der Waals surface area contributed by atoms with E-state index in [9.17, 15) is 28.7 Å². The van der Waals surface area contributed by atoms with Crippen LogP contribution in [0, 0.1) is 0 Å². The summed E-state index contributed by atoms with van der Waals surface area (Å²) in [6, 6.07) is 13.4. The first-order valence-corrected chi connectivity index (χ1v) is 14.6. The van der Waals surface area contributed by atoms with E-state index in [2.05, 4.69) is 41.8 Å². The Kier molecular flexibility index (Phi) is 9.98. The molecule has 3 amide bonds. The van der Waals surface area contributed by atoms with Crippen LogP contribution in [0.3, 0.4) is 0 Å². The summed E-state index contributed by atoms with van der Waals surface area (Å²) in [7, 11) is 0. The molecule has 0 spiro atoms. The number of halogens is 3. The molecule has 5 rings (SSSR count). The van der Waals surface area contributed by atoms with Gasteiger partial charge in [-0.15, -0.1) is 0 Å². The number of hydrogen-bond acceptors (Lipinski definition) is 8. The number of nitrogens with zero attached hydrogens (tertiary/aromatic N) is 2. The second kappa shape index (κ2) is 14.3. The van der Waals surface area contributed by atoms with Gasteiger partial charge in [-0.3, -0.25) is 19.5 Å². The summed E-state index contributed by atoms with van der Waals surface area (Å²) in [4.78, 5) is 53.9. The number of guanidine groups is 1. The average Bonchev–Trinajstić information content (AvgIpc) is 3.51. The number of anilines is 1. The third-order valence-electron chi connectivity index (χ3n) is 6.89. The van der Waals surface area contributed by atoms with Gasteiger partial charge in [0.15, 0.2) is 5.96 Å². The van der Waals surface area contributed by atoms with Crippen molar-refractivity contribution in [1.82, 2.24) is 31.5 Å². The molecule has 7 N–H and O–H groups in total. The number of aliphatic carboxylic acids is 1.